The van der Waals surface area contributed by atoms with Gasteiger partial charge in [-0.05, 0) is 43.2 Å². The van der Waals surface area contributed by atoms with E-state index in [-0.39, 0.29) is 23.3 Å². The fraction of sp³-hybridized carbons (Fsp3) is 0.423. The summed E-state index contributed by atoms with van der Waals surface area (Å²) in [4.78, 5) is 30.6. The van der Waals surface area contributed by atoms with Gasteiger partial charge in [-0.3, -0.25) is 14.2 Å². The van der Waals surface area contributed by atoms with Gasteiger partial charge in [-0.2, -0.15) is 0 Å². The Kier molecular flexibility index (Phi) is 8.11. The van der Waals surface area contributed by atoms with E-state index in [0.717, 1.165) is 37.0 Å². The number of carbonyl (C=O) groups is 1. The van der Waals surface area contributed by atoms with Gasteiger partial charge in [0.05, 0.1) is 22.7 Å². The molecule has 180 valence electrons. The zero-order valence-corrected chi connectivity index (χ0v) is 20.5. The number of ether oxygens (including phenoxy) is 2. The van der Waals surface area contributed by atoms with Gasteiger partial charge in [0.15, 0.2) is 16.7 Å². The molecule has 1 atom stereocenters. The van der Waals surface area contributed by atoms with Crippen molar-refractivity contribution in [2.45, 2.75) is 57.3 Å². The molecule has 1 N–H and O–H groups in total. The van der Waals surface area contributed by atoms with Crippen LogP contribution in [0.15, 0.2) is 52.4 Å². The normalized spacial score (nSPS) is 13.6. The first-order chi connectivity index (χ1) is 16.6. The monoisotopic (exact) mass is 481 g/mol. The smallest absolute Gasteiger partial charge is 0.262 e. The second-order valence-electron chi connectivity index (χ2n) is 8.41. The van der Waals surface area contributed by atoms with Gasteiger partial charge in [-0.25, -0.2) is 4.98 Å². The molecule has 7 nitrogen and oxygen atoms in total. The van der Waals surface area contributed by atoms with E-state index in [0.29, 0.717) is 41.6 Å². The van der Waals surface area contributed by atoms with Crippen LogP contribution in [0.2, 0.25) is 0 Å². The second-order valence-corrected chi connectivity index (χ2v) is 9.35. The van der Waals surface area contributed by atoms with Gasteiger partial charge in [0.1, 0.15) is 13.2 Å². The fourth-order valence-corrected chi connectivity index (χ4v) is 4.81. The van der Waals surface area contributed by atoms with Gasteiger partial charge in [0.2, 0.25) is 5.91 Å². The van der Waals surface area contributed by atoms with Gasteiger partial charge >= 0.3 is 0 Å². The zero-order chi connectivity index (χ0) is 23.9. The first kappa shape index (κ1) is 24.1. The molecule has 34 heavy (non-hydrogen) atoms. The van der Waals surface area contributed by atoms with E-state index in [9.17, 15) is 9.59 Å². The molecule has 1 amide bonds. The number of thioether (sulfide) groups is 1. The molecule has 2 aromatic carbocycles. The number of para-hydroxylation sites is 1. The lowest BCUT2D eigenvalue weighted by Gasteiger charge is -2.21. The largest absolute Gasteiger partial charge is 0.486 e. The molecular weight excluding hydrogens is 450 g/mol. The van der Waals surface area contributed by atoms with E-state index in [2.05, 4.69) is 12.2 Å². The Morgan fingerprint density at radius 3 is 2.74 bits per heavy atom. The second kappa shape index (κ2) is 11.4. The summed E-state index contributed by atoms with van der Waals surface area (Å²) in [5, 5.41) is 4.23. The zero-order valence-electron chi connectivity index (χ0n) is 19.7. The number of nitrogens with zero attached hydrogens (tertiary/aromatic N) is 2. The molecule has 2 heterocycles. The summed E-state index contributed by atoms with van der Waals surface area (Å²) in [6.07, 6.45) is 4.24. The number of aromatic nitrogens is 2. The molecular formula is C26H31N3O4S. The first-order valence-electron chi connectivity index (χ1n) is 11.9. The summed E-state index contributed by atoms with van der Waals surface area (Å²) in [7, 11) is 0. The van der Waals surface area contributed by atoms with Gasteiger partial charge in [-0.1, -0.05) is 56.1 Å². The molecule has 0 spiro atoms. The van der Waals surface area contributed by atoms with Crippen molar-refractivity contribution >= 4 is 28.6 Å². The predicted molar refractivity (Wildman–Crippen MR) is 135 cm³/mol. The van der Waals surface area contributed by atoms with Gasteiger partial charge in [-0.15, -0.1) is 0 Å². The summed E-state index contributed by atoms with van der Waals surface area (Å²) in [5.74, 6) is 1.48. The Hall–Kier alpha value is -3.00. The third-order valence-electron chi connectivity index (χ3n) is 5.84. The molecule has 0 saturated carbocycles. The number of rotatable bonds is 10. The minimum absolute atomic E-state index is 0.0466. The maximum Gasteiger partial charge on any atom is 0.262 e. The number of benzene rings is 2. The van der Waals surface area contributed by atoms with Crippen LogP contribution in [0, 0.1) is 0 Å². The van der Waals surface area contributed by atoms with Crippen LogP contribution in [-0.4, -0.2) is 34.4 Å². The van der Waals surface area contributed by atoms with E-state index in [1.165, 1.54) is 11.8 Å². The molecule has 3 aromatic rings. The van der Waals surface area contributed by atoms with Crippen LogP contribution in [0.25, 0.3) is 10.9 Å². The quantitative estimate of drug-likeness (QED) is 0.256. The van der Waals surface area contributed by atoms with Crippen molar-refractivity contribution in [3.63, 3.8) is 0 Å². The lowest BCUT2D eigenvalue weighted by atomic mass is 10.1. The summed E-state index contributed by atoms with van der Waals surface area (Å²) in [5.41, 5.74) is 1.55. The van der Waals surface area contributed by atoms with Crippen LogP contribution >= 0.6 is 11.8 Å². The third-order valence-corrected chi connectivity index (χ3v) is 6.81. The third kappa shape index (κ3) is 5.73. The summed E-state index contributed by atoms with van der Waals surface area (Å²) >= 11 is 1.30. The lowest BCUT2D eigenvalue weighted by molar-refractivity contribution is -0.119. The molecule has 8 heteroatoms. The Bertz CT molecular complexity index is 1210. The number of unbranched alkanes of at least 4 members (excludes halogenated alkanes) is 3. The first-order valence-corrected chi connectivity index (χ1v) is 12.9. The topological polar surface area (TPSA) is 82.5 Å². The van der Waals surface area contributed by atoms with E-state index >= 15 is 0 Å². The van der Waals surface area contributed by atoms with Crippen LogP contribution in [-0.2, 0) is 11.3 Å². The van der Waals surface area contributed by atoms with E-state index in [4.69, 9.17) is 14.5 Å². The van der Waals surface area contributed by atoms with Crippen molar-refractivity contribution in [2.75, 3.05) is 19.0 Å². The average Bonchev–Trinajstić information content (AvgIpc) is 2.86. The summed E-state index contributed by atoms with van der Waals surface area (Å²) in [6, 6.07) is 12.9. The maximum absolute atomic E-state index is 13.1. The Labute approximate surface area is 203 Å². The fourth-order valence-electron chi connectivity index (χ4n) is 3.98. The molecule has 0 radical (unpaired) electrons. The average molecular weight is 482 g/mol. The summed E-state index contributed by atoms with van der Waals surface area (Å²) < 4.78 is 12.9. The standard InChI is InChI=1S/C26H31N3O4S/c1-3-4-5-8-13-29-25(31)20-9-6-7-10-21(20)28-26(29)34-17-24(30)27-18(2)19-11-12-22-23(16-19)33-15-14-32-22/h6-7,9-12,16,18H,3-5,8,13-15,17H2,1-2H3,(H,27,30). The Morgan fingerprint density at radius 1 is 1.12 bits per heavy atom. The van der Waals surface area contributed by atoms with Crippen molar-refractivity contribution < 1.29 is 14.3 Å². The number of hydrogen-bond acceptors (Lipinski definition) is 6. The number of hydrogen-bond donors (Lipinski definition) is 1. The minimum atomic E-state index is -0.190. The number of nitrogens with one attached hydrogen (secondary N) is 1. The molecule has 4 rings (SSSR count). The lowest BCUT2D eigenvalue weighted by Crippen LogP contribution is -2.29. The molecule has 1 aromatic heterocycles. The molecule has 0 fully saturated rings. The van der Waals surface area contributed by atoms with Crippen molar-refractivity contribution in [3.8, 4) is 11.5 Å². The van der Waals surface area contributed by atoms with E-state index in [1.54, 1.807) is 4.57 Å². The van der Waals surface area contributed by atoms with E-state index in [1.807, 2.05) is 49.4 Å². The maximum atomic E-state index is 13.1. The minimum Gasteiger partial charge on any atom is -0.486 e. The number of fused-ring (bicyclic) bond motifs is 2. The predicted octanol–water partition coefficient (Wildman–Crippen LogP) is 4.72. The van der Waals surface area contributed by atoms with Crippen LogP contribution in [0.1, 0.15) is 51.1 Å². The van der Waals surface area contributed by atoms with Gasteiger partial charge in [0.25, 0.3) is 5.56 Å². The molecule has 0 aliphatic carbocycles. The van der Waals surface area contributed by atoms with Crippen molar-refractivity contribution in [3.05, 3.63) is 58.4 Å². The number of carbonyl (C=O) groups excluding carboxylic acids is 1. The highest BCUT2D eigenvalue weighted by Gasteiger charge is 2.17. The Morgan fingerprint density at radius 2 is 1.91 bits per heavy atom. The van der Waals surface area contributed by atoms with Gasteiger partial charge < -0.3 is 14.8 Å². The van der Waals surface area contributed by atoms with Crippen LogP contribution in [0.3, 0.4) is 0 Å². The highest BCUT2D eigenvalue weighted by atomic mass is 32.2. The summed E-state index contributed by atoms with van der Waals surface area (Å²) in [6.45, 7) is 5.77. The Balaban J connectivity index is 1.44. The molecule has 1 aliphatic heterocycles. The highest BCUT2D eigenvalue weighted by molar-refractivity contribution is 7.99. The molecule has 1 unspecified atom stereocenters. The molecule has 0 bridgehead atoms. The van der Waals surface area contributed by atoms with Crippen molar-refractivity contribution in [2.24, 2.45) is 0 Å². The van der Waals surface area contributed by atoms with Crippen molar-refractivity contribution in [1.29, 1.82) is 0 Å². The van der Waals surface area contributed by atoms with Gasteiger partial charge in [0, 0.05) is 6.54 Å². The SMILES string of the molecule is CCCCCCn1c(SCC(=O)NC(C)c2ccc3c(c2)OCCO3)nc2ccccc2c1=O. The van der Waals surface area contributed by atoms with Crippen LogP contribution in [0.4, 0.5) is 0 Å². The van der Waals surface area contributed by atoms with Crippen molar-refractivity contribution in [1.82, 2.24) is 14.9 Å². The molecule has 0 saturated heterocycles. The number of amides is 1. The highest BCUT2D eigenvalue weighted by Crippen LogP contribution is 2.32. The van der Waals surface area contributed by atoms with E-state index < -0.39 is 0 Å². The van der Waals surface area contributed by atoms with Crippen LogP contribution in [0.5, 0.6) is 11.5 Å². The van der Waals surface area contributed by atoms with Crippen LogP contribution < -0.4 is 20.3 Å². The molecule has 1 aliphatic rings.